The lowest BCUT2D eigenvalue weighted by molar-refractivity contribution is 0.0841. The molecule has 1 aliphatic carbocycles. The van der Waals surface area contributed by atoms with E-state index in [4.69, 9.17) is 4.74 Å². The lowest BCUT2D eigenvalue weighted by Gasteiger charge is -2.38. The van der Waals surface area contributed by atoms with Crippen LogP contribution in [0.1, 0.15) is 94.9 Å². The Morgan fingerprint density at radius 3 is 1.98 bits per heavy atom. The minimum atomic E-state index is -1.20. The molecule has 0 bridgehead atoms. The minimum absolute atomic E-state index is 0.143. The lowest BCUT2D eigenvalue weighted by atomic mass is 9.64. The Hall–Kier alpha value is -6.10. The molecule has 0 amide bonds. The highest BCUT2D eigenvalue weighted by atomic mass is 16.5. The predicted molar refractivity (Wildman–Crippen MR) is 186 cm³/mol. The van der Waals surface area contributed by atoms with Crippen molar-refractivity contribution >= 4 is 11.6 Å². The number of rotatable bonds is 8. The van der Waals surface area contributed by atoms with E-state index in [2.05, 4.69) is 0 Å². The van der Waals surface area contributed by atoms with Crippen molar-refractivity contribution in [3.63, 3.8) is 0 Å². The average molecular weight is 695 g/mol. The monoisotopic (exact) mass is 694 g/mol. The number of aromatic hydroxyl groups is 8. The molecule has 6 rings (SSSR count). The Balaban J connectivity index is 1.54. The topological polar surface area (TPSA) is 205 Å². The number of benzene rings is 4. The number of hydrogen-bond donors (Lipinski definition) is 8. The SMILES string of the molecule is CC(C)=CCCC1=C[C@@H](c2c(O)cc3c(c2O)C(=O)C[C@H](c2ccc(O)cc2O)O3)[C@H](C(=O)c2ccc(O)cc2O)[C@@H](c2ccc(O)cc2O)C1. The highest BCUT2D eigenvalue weighted by Crippen LogP contribution is 2.56. The van der Waals surface area contributed by atoms with Gasteiger partial charge in [0.1, 0.15) is 63.4 Å². The molecule has 0 spiro atoms. The quantitative estimate of drug-likeness (QED) is 0.0670. The first-order valence-corrected chi connectivity index (χ1v) is 16.4. The summed E-state index contributed by atoms with van der Waals surface area (Å²) in [5, 5.41) is 85.6. The van der Waals surface area contributed by atoms with Crippen molar-refractivity contribution in [2.24, 2.45) is 5.92 Å². The van der Waals surface area contributed by atoms with Gasteiger partial charge in [-0.05, 0) is 69.0 Å². The first-order valence-electron chi connectivity index (χ1n) is 16.4. The van der Waals surface area contributed by atoms with Gasteiger partial charge in [0.15, 0.2) is 11.6 Å². The van der Waals surface area contributed by atoms with Crippen molar-refractivity contribution in [2.45, 2.75) is 57.5 Å². The summed E-state index contributed by atoms with van der Waals surface area (Å²) in [4.78, 5) is 28.3. The van der Waals surface area contributed by atoms with Gasteiger partial charge in [-0.2, -0.15) is 0 Å². The van der Waals surface area contributed by atoms with Crippen molar-refractivity contribution in [1.82, 2.24) is 0 Å². The number of ether oxygens (including phenoxy) is 1. The van der Waals surface area contributed by atoms with Gasteiger partial charge >= 0.3 is 0 Å². The van der Waals surface area contributed by atoms with E-state index in [9.17, 15) is 50.4 Å². The first-order chi connectivity index (χ1) is 24.2. The maximum atomic E-state index is 14.6. The summed E-state index contributed by atoms with van der Waals surface area (Å²) >= 11 is 0. The van der Waals surface area contributed by atoms with Crippen LogP contribution in [0, 0.1) is 5.92 Å². The van der Waals surface area contributed by atoms with Crippen LogP contribution >= 0.6 is 0 Å². The molecular weight excluding hydrogens is 656 g/mol. The standard InChI is InChI=1S/C40H38O11/c1-19(2)4-3-5-20-12-27(24-9-6-21(41)14-29(24)44)36(39(49)26-11-8-23(43)16-31(26)46)28(13-20)37-32(47)18-35-38(40(37)50)33(48)17-34(51-35)25-10-7-22(42)15-30(25)45/h4,6-11,13-16,18,27-28,34,36,41-47,50H,3,5,12,17H2,1-2H3/t27-,28-,34-,36-/m1/s1. The third kappa shape index (κ3) is 6.74. The van der Waals surface area contributed by atoms with Crippen LogP contribution in [0.3, 0.4) is 0 Å². The zero-order chi connectivity index (χ0) is 36.7. The largest absolute Gasteiger partial charge is 0.508 e. The summed E-state index contributed by atoms with van der Waals surface area (Å²) in [6, 6.07) is 12.5. The van der Waals surface area contributed by atoms with Crippen LogP contribution < -0.4 is 4.74 Å². The number of allylic oxidation sites excluding steroid dienone is 4. The fourth-order valence-electron chi connectivity index (χ4n) is 7.26. The summed E-state index contributed by atoms with van der Waals surface area (Å²) in [5.41, 5.74) is 1.91. The number of carbonyl (C=O) groups excluding carboxylic acids is 2. The lowest BCUT2D eigenvalue weighted by Crippen LogP contribution is -2.32. The van der Waals surface area contributed by atoms with Gasteiger partial charge in [0, 0.05) is 53.1 Å². The van der Waals surface area contributed by atoms with Gasteiger partial charge in [0.05, 0.1) is 12.0 Å². The maximum absolute atomic E-state index is 14.6. The number of phenols is 8. The van der Waals surface area contributed by atoms with Gasteiger partial charge in [0.2, 0.25) is 0 Å². The molecule has 2 aliphatic rings. The normalized spacial score (nSPS) is 19.8. The zero-order valence-corrected chi connectivity index (χ0v) is 27.9. The molecule has 4 aromatic rings. The average Bonchev–Trinajstić information content (AvgIpc) is 3.04. The van der Waals surface area contributed by atoms with Crippen molar-refractivity contribution in [1.29, 1.82) is 0 Å². The second-order valence-electron chi connectivity index (χ2n) is 13.3. The van der Waals surface area contributed by atoms with Crippen molar-refractivity contribution in [3.05, 3.63) is 112 Å². The van der Waals surface area contributed by atoms with Crippen LogP contribution in [0.4, 0.5) is 0 Å². The fraction of sp³-hybridized carbons (Fsp3) is 0.250. The molecule has 11 heteroatoms. The van der Waals surface area contributed by atoms with Crippen LogP contribution in [0.25, 0.3) is 0 Å². The van der Waals surface area contributed by atoms with Crippen molar-refractivity contribution < 1.29 is 55.2 Å². The Morgan fingerprint density at radius 1 is 0.765 bits per heavy atom. The molecule has 4 aromatic carbocycles. The Kier molecular flexibility index (Phi) is 9.31. The second kappa shape index (κ2) is 13.7. The summed E-state index contributed by atoms with van der Waals surface area (Å²) in [5.74, 6) is -7.36. The van der Waals surface area contributed by atoms with Gasteiger partial charge < -0.3 is 45.6 Å². The number of phenolic OH excluding ortho intramolecular Hbond substituents is 8. The van der Waals surface area contributed by atoms with E-state index >= 15 is 0 Å². The molecule has 0 saturated carbocycles. The third-order valence-corrected chi connectivity index (χ3v) is 9.59. The highest BCUT2D eigenvalue weighted by Gasteiger charge is 2.45. The van der Waals surface area contributed by atoms with Crippen LogP contribution in [0.15, 0.2) is 84.0 Å². The predicted octanol–water partition coefficient (Wildman–Crippen LogP) is 7.48. The number of hydrogen-bond acceptors (Lipinski definition) is 11. The second-order valence-corrected chi connectivity index (χ2v) is 13.3. The summed E-state index contributed by atoms with van der Waals surface area (Å²) in [7, 11) is 0. The summed E-state index contributed by atoms with van der Waals surface area (Å²) in [6.45, 7) is 3.92. The molecule has 264 valence electrons. The Morgan fingerprint density at radius 2 is 1.37 bits per heavy atom. The van der Waals surface area contributed by atoms with E-state index in [1.54, 1.807) is 6.08 Å². The smallest absolute Gasteiger partial charge is 0.174 e. The van der Waals surface area contributed by atoms with Gasteiger partial charge in [0.25, 0.3) is 0 Å². The molecule has 4 atom stereocenters. The molecule has 0 saturated heterocycles. The van der Waals surface area contributed by atoms with Crippen molar-refractivity contribution in [2.75, 3.05) is 0 Å². The van der Waals surface area contributed by atoms with Crippen LogP contribution in [0.2, 0.25) is 0 Å². The van der Waals surface area contributed by atoms with Gasteiger partial charge in [-0.1, -0.05) is 29.4 Å². The Labute approximate surface area is 293 Å². The zero-order valence-electron chi connectivity index (χ0n) is 27.9. The molecule has 0 unspecified atom stereocenters. The molecule has 51 heavy (non-hydrogen) atoms. The molecule has 1 aliphatic heterocycles. The number of fused-ring (bicyclic) bond motifs is 1. The van der Waals surface area contributed by atoms with E-state index in [0.29, 0.717) is 18.4 Å². The molecule has 8 N–H and O–H groups in total. The van der Waals surface area contributed by atoms with Crippen molar-refractivity contribution in [3.8, 4) is 51.7 Å². The van der Waals surface area contributed by atoms with E-state index in [0.717, 1.165) is 29.3 Å². The first kappa shape index (κ1) is 34.8. The Bertz CT molecular complexity index is 2110. The fourth-order valence-corrected chi connectivity index (χ4v) is 7.26. The highest BCUT2D eigenvalue weighted by molar-refractivity contribution is 6.04. The molecular formula is C40H38O11. The van der Waals surface area contributed by atoms with Gasteiger partial charge in [-0.25, -0.2) is 0 Å². The van der Waals surface area contributed by atoms with E-state index in [1.807, 2.05) is 19.9 Å². The van der Waals surface area contributed by atoms with Crippen LogP contribution in [0.5, 0.6) is 51.7 Å². The van der Waals surface area contributed by atoms with E-state index in [1.165, 1.54) is 42.5 Å². The van der Waals surface area contributed by atoms with Gasteiger partial charge in [-0.3, -0.25) is 9.59 Å². The van der Waals surface area contributed by atoms with Gasteiger partial charge in [-0.15, -0.1) is 0 Å². The molecule has 11 nitrogen and oxygen atoms in total. The third-order valence-electron chi connectivity index (χ3n) is 9.59. The summed E-state index contributed by atoms with van der Waals surface area (Å²) in [6.07, 6.45) is 3.92. The summed E-state index contributed by atoms with van der Waals surface area (Å²) < 4.78 is 6.01. The van der Waals surface area contributed by atoms with Crippen LogP contribution in [-0.2, 0) is 0 Å². The molecule has 1 heterocycles. The molecule has 0 aromatic heterocycles. The molecule has 0 radical (unpaired) electrons. The number of ketones is 2. The van der Waals surface area contributed by atoms with E-state index < -0.39 is 52.7 Å². The number of carbonyl (C=O) groups is 2. The number of Topliss-reactive ketones (excluding diaryl/α,β-unsaturated/α-hetero) is 2. The minimum Gasteiger partial charge on any atom is -0.508 e. The van der Waals surface area contributed by atoms with Crippen LogP contribution in [-0.4, -0.2) is 52.4 Å². The maximum Gasteiger partial charge on any atom is 0.174 e. The molecule has 0 fully saturated rings. The van der Waals surface area contributed by atoms with E-state index in [-0.39, 0.29) is 69.6 Å².